The lowest BCUT2D eigenvalue weighted by molar-refractivity contribution is -0.139. The Hall–Kier alpha value is -1.39. The third kappa shape index (κ3) is 2.89. The number of halogens is 3. The zero-order valence-electron chi connectivity index (χ0n) is 9.83. The van der Waals surface area contributed by atoms with E-state index in [1.165, 1.54) is 12.1 Å². The molecule has 18 heavy (non-hydrogen) atoms. The van der Waals surface area contributed by atoms with Gasteiger partial charge in [-0.3, -0.25) is 0 Å². The highest BCUT2D eigenvalue weighted by Crippen LogP contribution is 2.41. The average molecular weight is 260 g/mol. The minimum Gasteiger partial charge on any atom is -0.504 e. The summed E-state index contributed by atoms with van der Waals surface area (Å²) in [5.41, 5.74) is -1.05. The third-order valence-electron chi connectivity index (χ3n) is 3.15. The molecule has 0 unspecified atom stereocenters. The fourth-order valence-electron chi connectivity index (χ4n) is 2.21. The van der Waals surface area contributed by atoms with Crippen molar-refractivity contribution in [1.29, 1.82) is 0 Å². The van der Waals surface area contributed by atoms with E-state index in [-0.39, 0.29) is 11.9 Å². The number of para-hydroxylation sites is 1. The quantitative estimate of drug-likeness (QED) is 0.866. The lowest BCUT2D eigenvalue weighted by atomic mass is 9.98. The van der Waals surface area contributed by atoms with Crippen LogP contribution in [0.4, 0.5) is 13.2 Å². The zero-order chi connectivity index (χ0) is 13.2. The minimum atomic E-state index is -4.56. The largest absolute Gasteiger partial charge is 0.504 e. The summed E-state index contributed by atoms with van der Waals surface area (Å²) in [6, 6.07) is 3.48. The Balaban J connectivity index is 2.18. The first-order valence-electron chi connectivity index (χ1n) is 6.04. The van der Waals surface area contributed by atoms with Crippen molar-refractivity contribution < 1.29 is 23.0 Å². The molecule has 0 radical (unpaired) electrons. The number of alkyl halides is 3. The fourth-order valence-corrected chi connectivity index (χ4v) is 2.21. The molecule has 2 rings (SSSR count). The van der Waals surface area contributed by atoms with Crippen molar-refractivity contribution in [3.05, 3.63) is 23.8 Å². The van der Waals surface area contributed by atoms with Gasteiger partial charge in [0.05, 0.1) is 6.10 Å². The number of phenolic OH excluding ortho intramolecular Hbond substituents is 1. The van der Waals surface area contributed by atoms with Gasteiger partial charge in [0.2, 0.25) is 0 Å². The van der Waals surface area contributed by atoms with Crippen molar-refractivity contribution in [2.45, 2.75) is 44.4 Å². The van der Waals surface area contributed by atoms with E-state index in [4.69, 9.17) is 4.74 Å². The second-order valence-electron chi connectivity index (χ2n) is 4.53. The summed E-state index contributed by atoms with van der Waals surface area (Å²) < 4.78 is 43.2. The number of hydrogen-bond donors (Lipinski definition) is 1. The van der Waals surface area contributed by atoms with Crippen LogP contribution in [0.2, 0.25) is 0 Å². The van der Waals surface area contributed by atoms with Crippen molar-refractivity contribution in [2.75, 3.05) is 0 Å². The molecule has 1 aliphatic carbocycles. The molecule has 0 aromatic heterocycles. The molecule has 0 amide bonds. The van der Waals surface area contributed by atoms with E-state index in [1.54, 1.807) is 0 Å². The molecule has 1 N–H and O–H groups in total. The van der Waals surface area contributed by atoms with Crippen LogP contribution in [-0.4, -0.2) is 11.2 Å². The van der Waals surface area contributed by atoms with Crippen LogP contribution in [0.15, 0.2) is 18.2 Å². The number of hydrogen-bond acceptors (Lipinski definition) is 2. The Bertz CT molecular complexity index is 409. The molecule has 0 aliphatic heterocycles. The van der Waals surface area contributed by atoms with E-state index in [0.29, 0.717) is 0 Å². The highest BCUT2D eigenvalue weighted by Gasteiger charge is 2.35. The van der Waals surface area contributed by atoms with Crippen molar-refractivity contribution in [1.82, 2.24) is 0 Å². The van der Waals surface area contributed by atoms with Gasteiger partial charge < -0.3 is 9.84 Å². The van der Waals surface area contributed by atoms with Crippen molar-refractivity contribution in [2.24, 2.45) is 0 Å². The number of benzene rings is 1. The molecule has 1 fully saturated rings. The summed E-state index contributed by atoms with van der Waals surface area (Å²) in [6.07, 6.45) is 0.179. The minimum absolute atomic E-state index is 0.0725. The summed E-state index contributed by atoms with van der Waals surface area (Å²) in [5.74, 6) is -0.882. The molecule has 5 heteroatoms. The smallest absolute Gasteiger partial charge is 0.420 e. The maximum Gasteiger partial charge on any atom is 0.420 e. The molecule has 1 aromatic rings. The van der Waals surface area contributed by atoms with Crippen molar-refractivity contribution >= 4 is 0 Å². The SMILES string of the molecule is Oc1c(OC2CCCCC2)cccc1C(F)(F)F. The number of ether oxygens (including phenoxy) is 1. The number of phenols is 1. The van der Waals surface area contributed by atoms with E-state index < -0.39 is 17.5 Å². The standard InChI is InChI=1S/C13H15F3O2/c14-13(15,16)10-7-4-8-11(12(10)17)18-9-5-2-1-3-6-9/h4,7-9,17H,1-3,5-6H2. The Morgan fingerprint density at radius 3 is 2.39 bits per heavy atom. The van der Waals surface area contributed by atoms with Crippen LogP contribution in [-0.2, 0) is 6.18 Å². The average Bonchev–Trinajstić information content (AvgIpc) is 2.32. The first kappa shape index (κ1) is 13.1. The van der Waals surface area contributed by atoms with Crippen LogP contribution in [0.1, 0.15) is 37.7 Å². The number of aromatic hydroxyl groups is 1. The second-order valence-corrected chi connectivity index (χ2v) is 4.53. The van der Waals surface area contributed by atoms with Gasteiger partial charge in [-0.2, -0.15) is 13.2 Å². The molecule has 0 heterocycles. The van der Waals surface area contributed by atoms with Gasteiger partial charge in [0.25, 0.3) is 0 Å². The van der Waals surface area contributed by atoms with E-state index in [0.717, 1.165) is 38.2 Å². The van der Waals surface area contributed by atoms with Gasteiger partial charge in [-0.15, -0.1) is 0 Å². The van der Waals surface area contributed by atoms with Gasteiger partial charge in [-0.1, -0.05) is 12.5 Å². The first-order valence-corrected chi connectivity index (χ1v) is 6.04. The Kier molecular flexibility index (Phi) is 3.68. The Morgan fingerprint density at radius 2 is 1.78 bits per heavy atom. The second kappa shape index (κ2) is 5.08. The molecule has 0 spiro atoms. The van der Waals surface area contributed by atoms with E-state index >= 15 is 0 Å². The lowest BCUT2D eigenvalue weighted by Crippen LogP contribution is -2.20. The molecule has 100 valence electrons. The Morgan fingerprint density at radius 1 is 1.11 bits per heavy atom. The number of rotatable bonds is 2. The van der Waals surface area contributed by atoms with Gasteiger partial charge >= 0.3 is 6.18 Å². The maximum absolute atomic E-state index is 12.6. The topological polar surface area (TPSA) is 29.5 Å². The molecular formula is C13H15F3O2. The molecule has 2 nitrogen and oxygen atoms in total. The van der Waals surface area contributed by atoms with Gasteiger partial charge in [-0.25, -0.2) is 0 Å². The summed E-state index contributed by atoms with van der Waals surface area (Å²) in [7, 11) is 0. The van der Waals surface area contributed by atoms with Gasteiger partial charge in [0.15, 0.2) is 11.5 Å². The molecule has 1 aliphatic rings. The predicted octanol–water partition coefficient (Wildman–Crippen LogP) is 4.12. The van der Waals surface area contributed by atoms with Crippen molar-refractivity contribution in [3.63, 3.8) is 0 Å². The van der Waals surface area contributed by atoms with Crippen LogP contribution in [0.3, 0.4) is 0 Å². The normalized spacial score (nSPS) is 17.7. The van der Waals surface area contributed by atoms with Gasteiger partial charge in [-0.05, 0) is 37.8 Å². The highest BCUT2D eigenvalue weighted by molar-refractivity contribution is 5.46. The summed E-state index contributed by atoms with van der Waals surface area (Å²) in [5, 5.41) is 9.61. The Labute approximate surface area is 103 Å². The third-order valence-corrected chi connectivity index (χ3v) is 3.15. The van der Waals surface area contributed by atoms with E-state index in [2.05, 4.69) is 0 Å². The fraction of sp³-hybridized carbons (Fsp3) is 0.538. The molecule has 1 aromatic carbocycles. The molecular weight excluding hydrogens is 245 g/mol. The van der Waals surface area contributed by atoms with Gasteiger partial charge in [0, 0.05) is 0 Å². The molecule has 0 saturated heterocycles. The van der Waals surface area contributed by atoms with Crippen LogP contribution in [0, 0.1) is 0 Å². The highest BCUT2D eigenvalue weighted by atomic mass is 19.4. The molecule has 0 bridgehead atoms. The van der Waals surface area contributed by atoms with Crippen LogP contribution < -0.4 is 4.74 Å². The molecule has 1 saturated carbocycles. The van der Waals surface area contributed by atoms with Crippen LogP contribution in [0.25, 0.3) is 0 Å². The lowest BCUT2D eigenvalue weighted by Gasteiger charge is -2.24. The summed E-state index contributed by atoms with van der Waals surface area (Å²) in [6.45, 7) is 0. The monoisotopic (exact) mass is 260 g/mol. The van der Waals surface area contributed by atoms with Crippen LogP contribution in [0.5, 0.6) is 11.5 Å². The van der Waals surface area contributed by atoms with Crippen LogP contribution >= 0.6 is 0 Å². The van der Waals surface area contributed by atoms with Crippen molar-refractivity contribution in [3.8, 4) is 11.5 Å². The van der Waals surface area contributed by atoms with E-state index in [9.17, 15) is 18.3 Å². The zero-order valence-corrected chi connectivity index (χ0v) is 9.83. The predicted molar refractivity (Wildman–Crippen MR) is 60.6 cm³/mol. The summed E-state index contributed by atoms with van der Waals surface area (Å²) in [4.78, 5) is 0. The molecule has 0 atom stereocenters. The van der Waals surface area contributed by atoms with Gasteiger partial charge in [0.1, 0.15) is 5.56 Å². The first-order chi connectivity index (χ1) is 8.48. The van der Waals surface area contributed by atoms with E-state index in [1.807, 2.05) is 0 Å². The summed E-state index contributed by atoms with van der Waals surface area (Å²) >= 11 is 0. The maximum atomic E-state index is 12.6.